The fourth-order valence-electron chi connectivity index (χ4n) is 2.09. The van der Waals surface area contributed by atoms with Crippen LogP contribution in [0, 0.1) is 0 Å². The van der Waals surface area contributed by atoms with Gasteiger partial charge in [0.15, 0.2) is 5.88 Å². The summed E-state index contributed by atoms with van der Waals surface area (Å²) < 4.78 is 1.21. The number of amides is 1. The Morgan fingerprint density at radius 1 is 1.10 bits per heavy atom. The molecular formula is C15H11ClN2O2. The lowest BCUT2D eigenvalue weighted by Crippen LogP contribution is -2.18. The van der Waals surface area contributed by atoms with Crippen LogP contribution in [0.3, 0.4) is 0 Å². The van der Waals surface area contributed by atoms with Crippen LogP contribution in [0.15, 0.2) is 54.6 Å². The van der Waals surface area contributed by atoms with Gasteiger partial charge < -0.3 is 10.4 Å². The summed E-state index contributed by atoms with van der Waals surface area (Å²) in [6.45, 7) is 0. The number of nitrogens with one attached hydrogen (secondary N) is 1. The molecule has 0 aliphatic heterocycles. The van der Waals surface area contributed by atoms with E-state index in [9.17, 15) is 9.90 Å². The molecule has 2 aromatic carbocycles. The van der Waals surface area contributed by atoms with Crippen LogP contribution in [0.1, 0.15) is 0 Å². The van der Waals surface area contributed by atoms with Crippen molar-refractivity contribution in [3.05, 3.63) is 59.6 Å². The highest BCUT2D eigenvalue weighted by Gasteiger charge is 2.14. The van der Waals surface area contributed by atoms with Gasteiger partial charge >= 0.3 is 6.03 Å². The van der Waals surface area contributed by atoms with Gasteiger partial charge in [0, 0.05) is 22.2 Å². The van der Waals surface area contributed by atoms with Crippen LogP contribution in [0.25, 0.3) is 10.9 Å². The van der Waals surface area contributed by atoms with Gasteiger partial charge in [-0.2, -0.15) is 0 Å². The molecule has 0 aliphatic rings. The summed E-state index contributed by atoms with van der Waals surface area (Å²) in [6.07, 6.45) is 0. The Morgan fingerprint density at radius 2 is 1.85 bits per heavy atom. The molecule has 100 valence electrons. The summed E-state index contributed by atoms with van der Waals surface area (Å²) in [5.74, 6) is -0.129. The molecule has 3 aromatic rings. The molecule has 0 unspecified atom stereocenters. The van der Waals surface area contributed by atoms with Crippen LogP contribution >= 0.6 is 11.6 Å². The van der Waals surface area contributed by atoms with Gasteiger partial charge in [0.25, 0.3) is 0 Å². The minimum absolute atomic E-state index is 0.129. The first kappa shape index (κ1) is 12.6. The fraction of sp³-hybridized carbons (Fsp3) is 0. The summed E-state index contributed by atoms with van der Waals surface area (Å²) in [6, 6.07) is 15.2. The molecule has 5 heteroatoms. The summed E-state index contributed by atoms with van der Waals surface area (Å²) in [7, 11) is 0. The SMILES string of the molecule is O=C(Nc1ccccc1)n1c(O)cc2cc(Cl)ccc21. The van der Waals surface area contributed by atoms with Crippen molar-refractivity contribution in [1.82, 2.24) is 4.57 Å². The number of para-hydroxylation sites is 1. The highest BCUT2D eigenvalue weighted by atomic mass is 35.5. The van der Waals surface area contributed by atoms with Crippen molar-refractivity contribution < 1.29 is 9.90 Å². The third-order valence-electron chi connectivity index (χ3n) is 2.97. The average molecular weight is 287 g/mol. The van der Waals surface area contributed by atoms with Gasteiger partial charge in [0.05, 0.1) is 5.52 Å². The van der Waals surface area contributed by atoms with Gasteiger partial charge in [-0.25, -0.2) is 9.36 Å². The van der Waals surface area contributed by atoms with E-state index in [1.807, 2.05) is 18.2 Å². The van der Waals surface area contributed by atoms with E-state index in [0.717, 1.165) is 0 Å². The van der Waals surface area contributed by atoms with Crippen LogP contribution in [-0.2, 0) is 0 Å². The zero-order valence-electron chi connectivity index (χ0n) is 10.4. The molecule has 3 rings (SSSR count). The topological polar surface area (TPSA) is 54.3 Å². The second kappa shape index (κ2) is 4.90. The molecule has 0 aliphatic carbocycles. The smallest absolute Gasteiger partial charge is 0.333 e. The van der Waals surface area contributed by atoms with Crippen molar-refractivity contribution in [3.8, 4) is 5.88 Å². The molecule has 0 atom stereocenters. The van der Waals surface area contributed by atoms with Gasteiger partial charge in [-0.1, -0.05) is 29.8 Å². The van der Waals surface area contributed by atoms with E-state index in [0.29, 0.717) is 21.6 Å². The van der Waals surface area contributed by atoms with Crippen LogP contribution in [-0.4, -0.2) is 15.7 Å². The average Bonchev–Trinajstić information content (AvgIpc) is 2.74. The van der Waals surface area contributed by atoms with Crippen molar-refractivity contribution in [2.24, 2.45) is 0 Å². The molecule has 2 N–H and O–H groups in total. The van der Waals surface area contributed by atoms with E-state index < -0.39 is 6.03 Å². The van der Waals surface area contributed by atoms with Crippen molar-refractivity contribution in [3.63, 3.8) is 0 Å². The van der Waals surface area contributed by atoms with E-state index in [2.05, 4.69) is 5.32 Å². The first-order chi connectivity index (χ1) is 9.65. The summed E-state index contributed by atoms with van der Waals surface area (Å²) >= 11 is 5.90. The van der Waals surface area contributed by atoms with Crippen molar-refractivity contribution >= 4 is 34.2 Å². The Balaban J connectivity index is 2.01. The number of hydrogen-bond donors (Lipinski definition) is 2. The monoisotopic (exact) mass is 286 g/mol. The van der Waals surface area contributed by atoms with Crippen molar-refractivity contribution in [2.45, 2.75) is 0 Å². The molecule has 1 aromatic heterocycles. The predicted octanol–water partition coefficient (Wildman–Crippen LogP) is 4.08. The number of carbonyl (C=O) groups excluding carboxylic acids is 1. The first-order valence-electron chi connectivity index (χ1n) is 6.01. The van der Waals surface area contributed by atoms with Crippen LogP contribution in [0.2, 0.25) is 5.02 Å². The third kappa shape index (κ3) is 2.21. The van der Waals surface area contributed by atoms with Crippen LogP contribution < -0.4 is 5.32 Å². The number of hydrogen-bond acceptors (Lipinski definition) is 2. The molecule has 0 fully saturated rings. The quantitative estimate of drug-likeness (QED) is 0.708. The predicted molar refractivity (Wildman–Crippen MR) is 79.5 cm³/mol. The minimum atomic E-state index is -0.425. The molecule has 0 saturated heterocycles. The third-order valence-corrected chi connectivity index (χ3v) is 3.21. The number of fused-ring (bicyclic) bond motifs is 1. The van der Waals surface area contributed by atoms with Gasteiger partial charge in [-0.3, -0.25) is 0 Å². The van der Waals surface area contributed by atoms with E-state index >= 15 is 0 Å². The number of aromatic nitrogens is 1. The number of benzene rings is 2. The summed E-state index contributed by atoms with van der Waals surface area (Å²) in [5, 5.41) is 13.9. The molecule has 20 heavy (non-hydrogen) atoms. The zero-order valence-corrected chi connectivity index (χ0v) is 11.1. The number of rotatable bonds is 1. The standard InChI is InChI=1S/C15H11ClN2O2/c16-11-6-7-13-10(8-11)9-14(19)18(13)15(20)17-12-4-2-1-3-5-12/h1-9,19H,(H,17,20). The normalized spacial score (nSPS) is 10.7. The van der Waals surface area contributed by atoms with Gasteiger partial charge in [0.2, 0.25) is 0 Å². The van der Waals surface area contributed by atoms with Gasteiger partial charge in [-0.05, 0) is 30.3 Å². The maximum Gasteiger partial charge on any atom is 0.333 e. The van der Waals surface area contributed by atoms with Crippen molar-refractivity contribution in [2.75, 3.05) is 5.32 Å². The maximum atomic E-state index is 12.3. The second-order valence-electron chi connectivity index (χ2n) is 4.34. The Morgan fingerprint density at radius 3 is 2.60 bits per heavy atom. The number of nitrogens with zero attached hydrogens (tertiary/aromatic N) is 1. The van der Waals surface area contributed by atoms with E-state index in [-0.39, 0.29) is 5.88 Å². The fourth-order valence-corrected chi connectivity index (χ4v) is 2.27. The van der Waals surface area contributed by atoms with E-state index in [4.69, 9.17) is 11.6 Å². The molecule has 1 heterocycles. The number of halogens is 1. The molecular weight excluding hydrogens is 276 g/mol. The van der Waals surface area contributed by atoms with Crippen molar-refractivity contribution in [1.29, 1.82) is 0 Å². The second-order valence-corrected chi connectivity index (χ2v) is 4.77. The Kier molecular flexibility index (Phi) is 3.08. The molecule has 4 nitrogen and oxygen atoms in total. The number of carbonyl (C=O) groups is 1. The number of aromatic hydroxyl groups is 1. The van der Waals surface area contributed by atoms with Gasteiger partial charge in [0.1, 0.15) is 0 Å². The highest BCUT2D eigenvalue weighted by Crippen LogP contribution is 2.27. The minimum Gasteiger partial charge on any atom is -0.494 e. The van der Waals surface area contributed by atoms with Crippen LogP contribution in [0.5, 0.6) is 5.88 Å². The summed E-state index contributed by atoms with van der Waals surface area (Å²) in [5.41, 5.74) is 1.26. The lowest BCUT2D eigenvalue weighted by molar-refractivity contribution is 0.251. The largest absolute Gasteiger partial charge is 0.494 e. The first-order valence-corrected chi connectivity index (χ1v) is 6.39. The van der Waals surface area contributed by atoms with E-state index in [1.54, 1.807) is 30.3 Å². The number of anilines is 1. The Labute approximate surface area is 120 Å². The molecule has 0 bridgehead atoms. The zero-order chi connectivity index (χ0) is 14.1. The lowest BCUT2D eigenvalue weighted by Gasteiger charge is -2.08. The lowest BCUT2D eigenvalue weighted by atomic mass is 10.2. The molecule has 0 radical (unpaired) electrons. The molecule has 1 amide bonds. The van der Waals surface area contributed by atoms with Gasteiger partial charge in [-0.15, -0.1) is 0 Å². The Hall–Kier alpha value is -2.46. The van der Waals surface area contributed by atoms with E-state index in [1.165, 1.54) is 10.6 Å². The molecule has 0 spiro atoms. The Bertz CT molecular complexity index is 781. The summed E-state index contributed by atoms with van der Waals surface area (Å²) in [4.78, 5) is 12.3. The highest BCUT2D eigenvalue weighted by molar-refractivity contribution is 6.31. The molecule has 0 saturated carbocycles. The van der Waals surface area contributed by atoms with Crippen LogP contribution in [0.4, 0.5) is 10.5 Å². The maximum absolute atomic E-state index is 12.3.